The van der Waals surface area contributed by atoms with E-state index in [1.54, 1.807) is 13.0 Å². The SMILES string of the molecule is Cc1c(C(=O)NC2(C(=O)O)CCCC2)sc2ccc(F)cc12. The number of hydrogen-bond acceptors (Lipinski definition) is 3. The smallest absolute Gasteiger partial charge is 0.329 e. The predicted molar refractivity (Wildman–Crippen MR) is 82.8 cm³/mol. The summed E-state index contributed by atoms with van der Waals surface area (Å²) in [7, 11) is 0. The number of hydrogen-bond donors (Lipinski definition) is 2. The zero-order chi connectivity index (χ0) is 15.9. The van der Waals surface area contributed by atoms with E-state index < -0.39 is 11.5 Å². The molecule has 22 heavy (non-hydrogen) atoms. The molecule has 0 saturated heterocycles. The average Bonchev–Trinajstić information content (AvgIpc) is 3.06. The number of benzene rings is 1. The fraction of sp³-hybridized carbons (Fsp3) is 0.375. The fourth-order valence-electron chi connectivity index (χ4n) is 3.05. The molecular formula is C16H16FNO3S. The first-order chi connectivity index (χ1) is 10.4. The van der Waals surface area contributed by atoms with Gasteiger partial charge in [-0.3, -0.25) is 4.79 Å². The van der Waals surface area contributed by atoms with Crippen LogP contribution in [-0.4, -0.2) is 22.5 Å². The van der Waals surface area contributed by atoms with Crippen molar-refractivity contribution in [1.82, 2.24) is 5.32 Å². The minimum Gasteiger partial charge on any atom is -0.480 e. The molecule has 6 heteroatoms. The zero-order valence-corrected chi connectivity index (χ0v) is 12.9. The van der Waals surface area contributed by atoms with Gasteiger partial charge in [0.2, 0.25) is 0 Å². The first-order valence-corrected chi connectivity index (χ1v) is 7.99. The van der Waals surface area contributed by atoms with Crippen LogP contribution in [0.4, 0.5) is 4.39 Å². The molecule has 0 unspecified atom stereocenters. The van der Waals surface area contributed by atoms with Crippen LogP contribution < -0.4 is 5.32 Å². The quantitative estimate of drug-likeness (QED) is 0.909. The molecule has 4 nitrogen and oxygen atoms in total. The number of carbonyl (C=O) groups is 2. The summed E-state index contributed by atoms with van der Waals surface area (Å²) in [6, 6.07) is 4.40. The number of carbonyl (C=O) groups excluding carboxylic acids is 1. The lowest BCUT2D eigenvalue weighted by Crippen LogP contribution is -2.52. The van der Waals surface area contributed by atoms with Crippen molar-refractivity contribution in [3.8, 4) is 0 Å². The van der Waals surface area contributed by atoms with Gasteiger partial charge in [0.25, 0.3) is 5.91 Å². The van der Waals surface area contributed by atoms with E-state index in [9.17, 15) is 19.1 Å². The van der Waals surface area contributed by atoms with Crippen LogP contribution in [0.1, 0.15) is 40.9 Å². The highest BCUT2D eigenvalue weighted by Gasteiger charge is 2.43. The number of aryl methyl sites for hydroxylation is 1. The second kappa shape index (κ2) is 5.35. The molecule has 2 aromatic rings. The summed E-state index contributed by atoms with van der Waals surface area (Å²) in [6.07, 6.45) is 2.49. The van der Waals surface area contributed by atoms with Gasteiger partial charge in [0.1, 0.15) is 11.4 Å². The van der Waals surface area contributed by atoms with Gasteiger partial charge < -0.3 is 10.4 Å². The Morgan fingerprint density at radius 1 is 1.32 bits per heavy atom. The summed E-state index contributed by atoms with van der Waals surface area (Å²) in [5.41, 5.74) is -0.471. The molecule has 0 bridgehead atoms. The molecule has 0 atom stereocenters. The first kappa shape index (κ1) is 15.0. The highest BCUT2D eigenvalue weighted by Crippen LogP contribution is 2.34. The molecule has 1 heterocycles. The van der Waals surface area contributed by atoms with E-state index in [1.807, 2.05) is 0 Å². The van der Waals surface area contributed by atoms with Gasteiger partial charge in [0, 0.05) is 4.70 Å². The fourth-order valence-corrected chi connectivity index (χ4v) is 4.14. The molecule has 116 valence electrons. The van der Waals surface area contributed by atoms with Crippen molar-refractivity contribution in [2.75, 3.05) is 0 Å². The average molecular weight is 321 g/mol. The van der Waals surface area contributed by atoms with Crippen molar-refractivity contribution in [3.63, 3.8) is 0 Å². The Hall–Kier alpha value is -1.95. The van der Waals surface area contributed by atoms with Crippen LogP contribution in [-0.2, 0) is 4.79 Å². The summed E-state index contributed by atoms with van der Waals surface area (Å²) in [5, 5.41) is 12.8. The molecule has 0 spiro atoms. The van der Waals surface area contributed by atoms with Gasteiger partial charge in [0.15, 0.2) is 0 Å². The van der Waals surface area contributed by atoms with Crippen LogP contribution in [0.25, 0.3) is 10.1 Å². The van der Waals surface area contributed by atoms with E-state index in [2.05, 4.69) is 5.32 Å². The van der Waals surface area contributed by atoms with E-state index in [0.29, 0.717) is 28.7 Å². The molecule has 0 aliphatic heterocycles. The molecule has 1 aliphatic carbocycles. The summed E-state index contributed by atoms with van der Waals surface area (Å²) < 4.78 is 14.2. The number of fused-ring (bicyclic) bond motifs is 1. The first-order valence-electron chi connectivity index (χ1n) is 7.17. The van der Waals surface area contributed by atoms with Gasteiger partial charge in [-0.2, -0.15) is 0 Å². The third-order valence-corrected chi connectivity index (χ3v) is 5.60. The second-order valence-electron chi connectivity index (χ2n) is 5.75. The molecule has 1 saturated carbocycles. The third kappa shape index (κ3) is 2.37. The Morgan fingerprint density at radius 3 is 2.64 bits per heavy atom. The maximum Gasteiger partial charge on any atom is 0.329 e. The van der Waals surface area contributed by atoms with Gasteiger partial charge in [-0.25, -0.2) is 9.18 Å². The van der Waals surface area contributed by atoms with Crippen LogP contribution in [0.2, 0.25) is 0 Å². The van der Waals surface area contributed by atoms with Crippen molar-refractivity contribution in [3.05, 3.63) is 34.5 Å². The molecular weight excluding hydrogens is 305 g/mol. The molecule has 3 rings (SSSR count). The molecule has 1 fully saturated rings. The number of carboxylic acid groups (broad SMARTS) is 1. The summed E-state index contributed by atoms with van der Waals surface area (Å²) in [5.74, 6) is -1.72. The Morgan fingerprint density at radius 2 is 2.00 bits per heavy atom. The Balaban J connectivity index is 1.95. The van der Waals surface area contributed by atoms with E-state index >= 15 is 0 Å². The topological polar surface area (TPSA) is 66.4 Å². The van der Waals surface area contributed by atoms with E-state index in [-0.39, 0.29) is 11.7 Å². The van der Waals surface area contributed by atoms with Crippen LogP contribution in [0.15, 0.2) is 18.2 Å². The highest BCUT2D eigenvalue weighted by atomic mass is 32.1. The van der Waals surface area contributed by atoms with Crippen molar-refractivity contribution < 1.29 is 19.1 Å². The van der Waals surface area contributed by atoms with Crippen LogP contribution in [0.5, 0.6) is 0 Å². The van der Waals surface area contributed by atoms with Gasteiger partial charge >= 0.3 is 5.97 Å². The monoisotopic (exact) mass is 321 g/mol. The number of thiophene rings is 1. The van der Waals surface area contributed by atoms with E-state index in [1.165, 1.54) is 23.5 Å². The second-order valence-corrected chi connectivity index (χ2v) is 6.80. The van der Waals surface area contributed by atoms with Crippen molar-refractivity contribution in [2.24, 2.45) is 0 Å². The minimum atomic E-state index is -1.16. The molecule has 1 aromatic heterocycles. The molecule has 2 N–H and O–H groups in total. The van der Waals surface area contributed by atoms with Gasteiger partial charge in [-0.1, -0.05) is 12.8 Å². The third-order valence-electron chi connectivity index (χ3n) is 4.32. The van der Waals surface area contributed by atoms with Crippen molar-refractivity contribution in [2.45, 2.75) is 38.1 Å². The van der Waals surface area contributed by atoms with Crippen molar-refractivity contribution in [1.29, 1.82) is 0 Å². The number of aliphatic carboxylic acids is 1. The van der Waals surface area contributed by atoms with E-state index in [4.69, 9.17) is 0 Å². The van der Waals surface area contributed by atoms with Crippen molar-refractivity contribution >= 4 is 33.3 Å². The van der Waals surface area contributed by atoms with Crippen LogP contribution in [0, 0.1) is 12.7 Å². The van der Waals surface area contributed by atoms with Crippen LogP contribution in [0.3, 0.4) is 0 Å². The van der Waals surface area contributed by atoms with Gasteiger partial charge in [-0.05, 0) is 48.9 Å². The molecule has 1 aromatic carbocycles. The molecule has 0 radical (unpaired) electrons. The van der Waals surface area contributed by atoms with Gasteiger partial charge in [-0.15, -0.1) is 11.3 Å². The Labute approximate surface area is 130 Å². The lowest BCUT2D eigenvalue weighted by atomic mass is 9.97. The van der Waals surface area contributed by atoms with Gasteiger partial charge in [0.05, 0.1) is 4.88 Å². The Bertz CT molecular complexity index is 762. The molecule has 1 amide bonds. The molecule has 1 aliphatic rings. The summed E-state index contributed by atoms with van der Waals surface area (Å²) in [6.45, 7) is 1.76. The predicted octanol–water partition coefficient (Wildman–Crippen LogP) is 3.48. The summed E-state index contributed by atoms with van der Waals surface area (Å²) in [4.78, 5) is 24.5. The number of halogens is 1. The number of carboxylic acids is 1. The van der Waals surface area contributed by atoms with E-state index in [0.717, 1.165) is 17.5 Å². The maximum absolute atomic E-state index is 13.3. The van der Waals surface area contributed by atoms with Crippen LogP contribution >= 0.6 is 11.3 Å². The lowest BCUT2D eigenvalue weighted by Gasteiger charge is -2.25. The standard InChI is InChI=1S/C16H16FNO3S/c1-9-11-8-10(17)4-5-12(11)22-13(9)14(19)18-16(15(20)21)6-2-3-7-16/h4-5,8H,2-3,6-7H2,1H3,(H,18,19)(H,20,21). The number of nitrogens with one attached hydrogen (secondary N) is 1. The number of rotatable bonds is 3. The zero-order valence-electron chi connectivity index (χ0n) is 12.1. The highest BCUT2D eigenvalue weighted by molar-refractivity contribution is 7.21. The summed E-state index contributed by atoms with van der Waals surface area (Å²) >= 11 is 1.26. The Kier molecular flexibility index (Phi) is 3.64. The largest absolute Gasteiger partial charge is 0.480 e. The maximum atomic E-state index is 13.3. The number of amides is 1. The normalized spacial score (nSPS) is 16.8. The minimum absolute atomic E-state index is 0.349. The lowest BCUT2D eigenvalue weighted by molar-refractivity contribution is -0.144.